The van der Waals surface area contributed by atoms with Gasteiger partial charge in [-0.3, -0.25) is 9.89 Å². The first-order valence-electron chi connectivity index (χ1n) is 12.6. The van der Waals surface area contributed by atoms with Crippen LogP contribution in [0.2, 0.25) is 0 Å². The molecule has 40 heavy (non-hydrogen) atoms. The number of aromatic amines is 1. The van der Waals surface area contributed by atoms with E-state index in [-0.39, 0.29) is 11.8 Å². The van der Waals surface area contributed by atoms with E-state index < -0.39 is 17.6 Å². The molecular formula is C30H27F3N4O3. The minimum Gasteiger partial charge on any atom is -0.475 e. The van der Waals surface area contributed by atoms with Crippen LogP contribution in [-0.4, -0.2) is 52.4 Å². The molecule has 1 aliphatic carbocycles. The number of nitrogens with one attached hydrogen (secondary N) is 2. The third kappa shape index (κ3) is 5.22. The number of carbonyl (C=O) groups excluding carboxylic acids is 1. The van der Waals surface area contributed by atoms with Crippen LogP contribution in [0.1, 0.15) is 40.3 Å². The molecule has 1 aliphatic heterocycles. The number of fused-ring (bicyclic) bond motifs is 3. The SMILES string of the molecule is CN(C)Cc1ccc(/C=C/c2n[nH]c3cc([C@H]4C[C@@]45C(=O)Nc4ccccc45)ccc23)cc1.O=C(O)C(F)(F)F. The number of carboxylic acid groups (broad SMARTS) is 1. The van der Waals surface area contributed by atoms with Gasteiger partial charge < -0.3 is 15.3 Å². The lowest BCUT2D eigenvalue weighted by Crippen LogP contribution is -2.21. The Hall–Kier alpha value is -4.44. The summed E-state index contributed by atoms with van der Waals surface area (Å²) < 4.78 is 31.7. The van der Waals surface area contributed by atoms with Gasteiger partial charge in [0.25, 0.3) is 0 Å². The van der Waals surface area contributed by atoms with Gasteiger partial charge in [-0.25, -0.2) is 4.79 Å². The third-order valence-electron chi connectivity index (χ3n) is 7.20. The monoisotopic (exact) mass is 548 g/mol. The second-order valence-electron chi connectivity index (χ2n) is 10.3. The molecule has 2 atom stereocenters. The van der Waals surface area contributed by atoms with E-state index in [4.69, 9.17) is 9.90 Å². The van der Waals surface area contributed by atoms with Crippen molar-refractivity contribution in [2.75, 3.05) is 19.4 Å². The topological polar surface area (TPSA) is 98.3 Å². The molecule has 0 saturated heterocycles. The zero-order valence-corrected chi connectivity index (χ0v) is 21.8. The number of nitrogens with zero attached hydrogens (tertiary/aromatic N) is 2. The van der Waals surface area contributed by atoms with Crippen molar-refractivity contribution in [2.45, 2.75) is 30.5 Å². The number of carbonyl (C=O) groups is 2. The Morgan fingerprint density at radius 2 is 1.80 bits per heavy atom. The summed E-state index contributed by atoms with van der Waals surface area (Å²) in [6.45, 7) is 0.936. The second kappa shape index (κ2) is 10.3. The summed E-state index contributed by atoms with van der Waals surface area (Å²) in [7, 11) is 4.15. The molecule has 3 N–H and O–H groups in total. The van der Waals surface area contributed by atoms with Gasteiger partial charge in [0.1, 0.15) is 0 Å². The number of anilines is 1. The molecule has 0 unspecified atom stereocenters. The smallest absolute Gasteiger partial charge is 0.475 e. The van der Waals surface area contributed by atoms with Crippen LogP contribution in [-0.2, 0) is 21.5 Å². The van der Waals surface area contributed by atoms with Crippen molar-refractivity contribution in [2.24, 2.45) is 0 Å². The molecule has 0 radical (unpaired) electrons. The fraction of sp³-hybridized carbons (Fsp3) is 0.233. The van der Waals surface area contributed by atoms with E-state index in [0.717, 1.165) is 46.4 Å². The van der Waals surface area contributed by atoms with Crippen LogP contribution in [0.4, 0.5) is 18.9 Å². The average Bonchev–Trinajstić information content (AvgIpc) is 3.44. The lowest BCUT2D eigenvalue weighted by Gasteiger charge is -2.09. The maximum Gasteiger partial charge on any atom is 0.490 e. The Morgan fingerprint density at radius 1 is 1.10 bits per heavy atom. The molecule has 7 nitrogen and oxygen atoms in total. The Labute approximate surface area is 228 Å². The summed E-state index contributed by atoms with van der Waals surface area (Å²) in [6, 6.07) is 23.1. The third-order valence-corrected chi connectivity index (χ3v) is 7.20. The van der Waals surface area contributed by atoms with Crippen LogP contribution < -0.4 is 5.32 Å². The molecule has 6 rings (SSSR count). The molecule has 2 heterocycles. The minimum absolute atomic E-state index is 0.124. The number of aromatic nitrogens is 2. The van der Waals surface area contributed by atoms with Gasteiger partial charge in [-0.1, -0.05) is 60.7 Å². The number of hydrogen-bond acceptors (Lipinski definition) is 4. The number of aliphatic carboxylic acids is 1. The largest absolute Gasteiger partial charge is 0.490 e. The molecule has 0 bridgehead atoms. The number of halogens is 3. The van der Waals surface area contributed by atoms with Crippen molar-refractivity contribution in [3.05, 3.63) is 94.7 Å². The first-order chi connectivity index (χ1) is 19.0. The molecule has 10 heteroatoms. The molecule has 1 spiro atoms. The molecular weight excluding hydrogens is 521 g/mol. The summed E-state index contributed by atoms with van der Waals surface area (Å²) in [5.41, 5.74) is 7.23. The van der Waals surface area contributed by atoms with Crippen molar-refractivity contribution in [1.29, 1.82) is 0 Å². The van der Waals surface area contributed by atoms with Crippen molar-refractivity contribution >= 4 is 40.6 Å². The highest BCUT2D eigenvalue weighted by molar-refractivity contribution is 6.09. The number of carboxylic acids is 1. The van der Waals surface area contributed by atoms with Gasteiger partial charge in [-0.15, -0.1) is 0 Å². The van der Waals surface area contributed by atoms with Gasteiger partial charge in [-0.2, -0.15) is 18.3 Å². The number of alkyl halides is 3. The fourth-order valence-corrected chi connectivity index (χ4v) is 5.23. The number of rotatable bonds is 5. The zero-order valence-electron chi connectivity index (χ0n) is 21.8. The molecule has 4 aromatic rings. The molecule has 2 aliphatic rings. The van der Waals surface area contributed by atoms with Gasteiger partial charge in [0.15, 0.2) is 0 Å². The molecule has 206 valence electrons. The Balaban J connectivity index is 0.000000411. The number of benzene rings is 3. The molecule has 1 aromatic heterocycles. The van der Waals surface area contributed by atoms with E-state index in [1.165, 1.54) is 11.1 Å². The van der Waals surface area contributed by atoms with Crippen LogP contribution in [0, 0.1) is 0 Å². The van der Waals surface area contributed by atoms with E-state index in [9.17, 15) is 18.0 Å². The van der Waals surface area contributed by atoms with Crippen molar-refractivity contribution in [3.63, 3.8) is 0 Å². The number of H-pyrrole nitrogens is 1. The summed E-state index contributed by atoms with van der Waals surface area (Å²) in [6.07, 6.45) is -0.0799. The maximum absolute atomic E-state index is 12.8. The minimum atomic E-state index is -5.08. The Morgan fingerprint density at radius 3 is 2.48 bits per heavy atom. The van der Waals surface area contributed by atoms with Crippen LogP contribution >= 0.6 is 0 Å². The van der Waals surface area contributed by atoms with Crippen molar-refractivity contribution < 1.29 is 27.9 Å². The first kappa shape index (κ1) is 27.1. The molecule has 1 amide bonds. The highest BCUT2D eigenvalue weighted by Crippen LogP contribution is 2.64. The van der Waals surface area contributed by atoms with Crippen molar-refractivity contribution in [3.8, 4) is 0 Å². The van der Waals surface area contributed by atoms with Crippen molar-refractivity contribution in [1.82, 2.24) is 15.1 Å². The molecule has 1 fully saturated rings. The van der Waals surface area contributed by atoms with Gasteiger partial charge in [-0.05, 0) is 61.0 Å². The van der Waals surface area contributed by atoms with Crippen LogP contribution in [0.25, 0.3) is 23.1 Å². The predicted octanol–water partition coefficient (Wildman–Crippen LogP) is 5.81. The normalized spacial score (nSPS) is 19.6. The van der Waals surface area contributed by atoms with Gasteiger partial charge in [0.2, 0.25) is 5.91 Å². The summed E-state index contributed by atoms with van der Waals surface area (Å²) in [5, 5.41) is 19.0. The lowest BCUT2D eigenvalue weighted by atomic mass is 9.92. The average molecular weight is 549 g/mol. The van der Waals surface area contributed by atoms with E-state index in [1.54, 1.807) is 0 Å². The van der Waals surface area contributed by atoms with Gasteiger partial charge >= 0.3 is 12.1 Å². The van der Waals surface area contributed by atoms with Gasteiger partial charge in [0, 0.05) is 23.5 Å². The Kier molecular flexibility index (Phi) is 6.97. The van der Waals surface area contributed by atoms with E-state index in [0.29, 0.717) is 0 Å². The van der Waals surface area contributed by atoms with E-state index in [1.807, 2.05) is 18.2 Å². The number of para-hydroxylation sites is 1. The van der Waals surface area contributed by atoms with Crippen LogP contribution in [0.5, 0.6) is 0 Å². The van der Waals surface area contributed by atoms with Gasteiger partial charge in [0.05, 0.1) is 16.6 Å². The summed E-state index contributed by atoms with van der Waals surface area (Å²) in [4.78, 5) is 23.9. The summed E-state index contributed by atoms with van der Waals surface area (Å²) in [5.74, 6) is -2.43. The maximum atomic E-state index is 12.8. The van der Waals surface area contributed by atoms with Crippen LogP contribution in [0.3, 0.4) is 0 Å². The van der Waals surface area contributed by atoms with E-state index in [2.05, 4.69) is 95.2 Å². The molecule has 1 saturated carbocycles. The second-order valence-corrected chi connectivity index (χ2v) is 10.3. The highest BCUT2D eigenvalue weighted by atomic mass is 19.4. The first-order valence-corrected chi connectivity index (χ1v) is 12.6. The highest BCUT2D eigenvalue weighted by Gasteiger charge is 2.65. The van der Waals surface area contributed by atoms with Crippen LogP contribution in [0.15, 0.2) is 66.7 Å². The fourth-order valence-electron chi connectivity index (χ4n) is 5.23. The number of amides is 1. The lowest BCUT2D eigenvalue weighted by molar-refractivity contribution is -0.192. The Bertz CT molecular complexity index is 1610. The van der Waals surface area contributed by atoms with E-state index >= 15 is 0 Å². The molecule has 3 aromatic carbocycles. The zero-order chi connectivity index (χ0) is 28.7. The predicted molar refractivity (Wildman–Crippen MR) is 147 cm³/mol. The summed E-state index contributed by atoms with van der Waals surface area (Å²) >= 11 is 0. The standard InChI is InChI=1S/C28H26N4O.C2HF3O2/c1-32(2)17-19-9-7-18(8-10-19)11-14-24-21-13-12-20(15-26(21)31-30-24)23-16-28(23)22-5-3-4-6-25(22)29-27(28)33;3-2(4,5)1(6)7/h3-15,23H,16-17H2,1-2H3,(H,29,33)(H,30,31);(H,6,7)/b14-11+;/t23-,28+;/m1./s1. The quantitative estimate of drug-likeness (QED) is 0.293. The number of hydrogen-bond donors (Lipinski definition) is 3.